The van der Waals surface area contributed by atoms with E-state index in [1.54, 1.807) is 0 Å². The number of rotatable bonds is 6. The number of hydrogen-bond acceptors (Lipinski definition) is 7. The van der Waals surface area contributed by atoms with Gasteiger partial charge in [-0.05, 0) is 43.3 Å². The highest BCUT2D eigenvalue weighted by Gasteiger charge is 2.71. The van der Waals surface area contributed by atoms with E-state index in [1.807, 2.05) is 6.07 Å². The second-order valence-corrected chi connectivity index (χ2v) is 8.92. The van der Waals surface area contributed by atoms with Gasteiger partial charge in [0.15, 0.2) is 5.69 Å². The minimum absolute atomic E-state index is 0.123. The molecular weight excluding hydrogens is 382 g/mol. The van der Waals surface area contributed by atoms with Crippen LogP contribution in [0.1, 0.15) is 40.7 Å². The van der Waals surface area contributed by atoms with Crippen molar-refractivity contribution in [1.82, 2.24) is 14.8 Å². The van der Waals surface area contributed by atoms with Gasteiger partial charge in [0.25, 0.3) is 0 Å². The van der Waals surface area contributed by atoms with Gasteiger partial charge in [0.2, 0.25) is 5.89 Å². The largest absolute Gasteiger partial charge is 0.464 e. The molecule has 0 unspecified atom stereocenters. The predicted octanol–water partition coefficient (Wildman–Crippen LogP) is 2.13. The summed E-state index contributed by atoms with van der Waals surface area (Å²) in [6, 6.07) is 10.6. The molecule has 1 aromatic carbocycles. The van der Waals surface area contributed by atoms with Crippen molar-refractivity contribution < 1.29 is 19.1 Å². The number of nitrogens with zero attached hydrogens (tertiary/aromatic N) is 3. The zero-order chi connectivity index (χ0) is 20.7. The van der Waals surface area contributed by atoms with Crippen LogP contribution in [0.5, 0.6) is 0 Å². The van der Waals surface area contributed by atoms with Crippen molar-refractivity contribution in [3.05, 3.63) is 53.7 Å². The fraction of sp³-hybridized carbons (Fsp3) is 0.565. The van der Waals surface area contributed by atoms with E-state index in [4.69, 9.17) is 9.15 Å². The fourth-order valence-electron chi connectivity index (χ4n) is 5.80. The van der Waals surface area contributed by atoms with Gasteiger partial charge in [0.1, 0.15) is 6.26 Å². The molecule has 0 amide bonds. The average molecular weight is 412 g/mol. The van der Waals surface area contributed by atoms with Crippen LogP contribution >= 0.6 is 0 Å². The number of likely N-dealkylation sites (tertiary alicyclic amines) is 2. The number of hydrogen-bond donors (Lipinski definition) is 1. The smallest absolute Gasteiger partial charge is 0.360 e. The lowest BCUT2D eigenvalue weighted by molar-refractivity contribution is 0.0594. The first-order chi connectivity index (χ1) is 14.6. The molecule has 4 atom stereocenters. The molecule has 1 spiro atoms. The summed E-state index contributed by atoms with van der Waals surface area (Å²) in [4.78, 5) is 20.6. The number of oxazole rings is 1. The summed E-state index contributed by atoms with van der Waals surface area (Å²) < 4.78 is 10.2. The van der Waals surface area contributed by atoms with Crippen molar-refractivity contribution in [1.29, 1.82) is 0 Å². The van der Waals surface area contributed by atoms with Crippen molar-refractivity contribution in [2.45, 2.75) is 31.4 Å². The molecule has 7 heteroatoms. The van der Waals surface area contributed by atoms with E-state index in [-0.39, 0.29) is 17.2 Å². The van der Waals surface area contributed by atoms with Crippen LogP contribution in [0, 0.1) is 11.3 Å². The number of esters is 1. The van der Waals surface area contributed by atoms with Gasteiger partial charge in [-0.1, -0.05) is 30.3 Å². The van der Waals surface area contributed by atoms with E-state index >= 15 is 0 Å². The average Bonchev–Trinajstić information content (AvgIpc) is 3.23. The molecule has 0 bridgehead atoms. The Hall–Kier alpha value is -2.22. The molecule has 1 N–H and O–H groups in total. The number of benzene rings is 1. The summed E-state index contributed by atoms with van der Waals surface area (Å²) in [7, 11) is 1.33. The Morgan fingerprint density at radius 1 is 1.27 bits per heavy atom. The maximum Gasteiger partial charge on any atom is 0.360 e. The van der Waals surface area contributed by atoms with Crippen LogP contribution in [0.25, 0.3) is 0 Å². The summed E-state index contributed by atoms with van der Waals surface area (Å²) in [5, 5.41) is 11.2. The summed E-state index contributed by atoms with van der Waals surface area (Å²) in [5.41, 5.74) is 1.39. The third kappa shape index (κ3) is 3.35. The Kier molecular flexibility index (Phi) is 5.13. The SMILES string of the molecule is COC(=O)c1coc(CN2C[C@H](O)[C@@]3(C2)[C@H](CN2CCCC2)[C@H]3c2ccccc2)n1. The van der Waals surface area contributed by atoms with Crippen LogP contribution in [0.15, 0.2) is 41.0 Å². The third-order valence-corrected chi connectivity index (χ3v) is 7.23. The first-order valence-corrected chi connectivity index (χ1v) is 10.8. The van der Waals surface area contributed by atoms with Crippen LogP contribution < -0.4 is 0 Å². The lowest BCUT2D eigenvalue weighted by Gasteiger charge is -2.18. The van der Waals surface area contributed by atoms with Gasteiger partial charge in [-0.15, -0.1) is 0 Å². The highest BCUT2D eigenvalue weighted by Crippen LogP contribution is 2.69. The number of carbonyl (C=O) groups excluding carboxylic acids is 1. The molecule has 30 heavy (non-hydrogen) atoms. The van der Waals surface area contributed by atoms with Crippen LogP contribution in [-0.2, 0) is 11.3 Å². The summed E-state index contributed by atoms with van der Waals surface area (Å²) in [6.07, 6.45) is 3.50. The Labute approximate surface area is 176 Å². The molecule has 2 saturated heterocycles. The quantitative estimate of drug-likeness (QED) is 0.730. The van der Waals surface area contributed by atoms with Crippen molar-refractivity contribution >= 4 is 5.97 Å². The van der Waals surface area contributed by atoms with Crippen LogP contribution in [-0.4, -0.2) is 71.8 Å². The first kappa shape index (κ1) is 19.7. The number of methoxy groups -OCH3 is 1. The molecule has 0 radical (unpaired) electrons. The topological polar surface area (TPSA) is 79.0 Å². The number of β-amino-alcohol motifs (C(OH)–C–C–N with tert-alkyl or cyclic N) is 1. The lowest BCUT2D eigenvalue weighted by atomic mass is 9.95. The highest BCUT2D eigenvalue weighted by molar-refractivity contribution is 5.86. The molecule has 160 valence electrons. The van der Waals surface area contributed by atoms with Gasteiger partial charge >= 0.3 is 5.97 Å². The summed E-state index contributed by atoms with van der Waals surface area (Å²) in [5.74, 6) is 0.801. The van der Waals surface area contributed by atoms with Gasteiger partial charge in [0, 0.05) is 25.0 Å². The fourth-order valence-corrected chi connectivity index (χ4v) is 5.80. The monoisotopic (exact) mass is 411 g/mol. The molecule has 1 saturated carbocycles. The predicted molar refractivity (Wildman–Crippen MR) is 110 cm³/mol. The minimum atomic E-state index is -0.500. The maximum atomic E-state index is 11.6. The summed E-state index contributed by atoms with van der Waals surface area (Å²) in [6.45, 7) is 5.27. The zero-order valence-corrected chi connectivity index (χ0v) is 17.4. The molecule has 3 aliphatic rings. The van der Waals surface area contributed by atoms with E-state index in [0.717, 1.165) is 13.1 Å². The Bertz CT molecular complexity index is 895. The Morgan fingerprint density at radius 3 is 2.77 bits per heavy atom. The van der Waals surface area contributed by atoms with E-state index < -0.39 is 5.97 Å². The number of ether oxygens (including phenoxy) is 1. The molecular formula is C23H29N3O4. The normalized spacial score (nSPS) is 31.5. The molecule has 2 aromatic rings. The number of carbonyl (C=O) groups is 1. The molecule has 3 heterocycles. The van der Waals surface area contributed by atoms with Crippen molar-refractivity contribution in [3.8, 4) is 0 Å². The zero-order valence-electron chi connectivity index (χ0n) is 17.4. The van der Waals surface area contributed by atoms with E-state index in [1.165, 1.54) is 44.9 Å². The van der Waals surface area contributed by atoms with Gasteiger partial charge in [-0.2, -0.15) is 0 Å². The van der Waals surface area contributed by atoms with Crippen LogP contribution in [0.2, 0.25) is 0 Å². The maximum absolute atomic E-state index is 11.6. The summed E-state index contributed by atoms with van der Waals surface area (Å²) >= 11 is 0. The number of aliphatic hydroxyl groups excluding tert-OH is 1. The highest BCUT2D eigenvalue weighted by atomic mass is 16.5. The Balaban J connectivity index is 1.34. The minimum Gasteiger partial charge on any atom is -0.464 e. The first-order valence-electron chi connectivity index (χ1n) is 10.8. The van der Waals surface area contributed by atoms with Gasteiger partial charge in [0.05, 0.1) is 19.8 Å². The van der Waals surface area contributed by atoms with Crippen molar-refractivity contribution in [3.63, 3.8) is 0 Å². The van der Waals surface area contributed by atoms with Crippen molar-refractivity contribution in [2.24, 2.45) is 11.3 Å². The standard InChI is InChI=1S/C23H29N3O4/c1-29-22(28)18-14-30-20(24-18)13-26-12-19(27)23(15-26)17(11-25-9-5-6-10-25)21(23)16-7-3-2-4-8-16/h2-4,7-8,14,17,19,21,27H,5-6,9-13,15H2,1H3/t17-,19+,21-,23-/m1/s1. The van der Waals surface area contributed by atoms with E-state index in [9.17, 15) is 9.90 Å². The molecule has 1 aliphatic carbocycles. The lowest BCUT2D eigenvalue weighted by Crippen LogP contribution is -2.28. The molecule has 5 rings (SSSR count). The molecule has 1 aromatic heterocycles. The third-order valence-electron chi connectivity index (χ3n) is 7.23. The van der Waals surface area contributed by atoms with Gasteiger partial charge in [-0.3, -0.25) is 4.90 Å². The molecule has 2 aliphatic heterocycles. The molecule has 7 nitrogen and oxygen atoms in total. The Morgan fingerprint density at radius 2 is 2.03 bits per heavy atom. The molecule has 3 fully saturated rings. The van der Waals surface area contributed by atoms with Gasteiger partial charge < -0.3 is 19.2 Å². The van der Waals surface area contributed by atoms with E-state index in [0.29, 0.717) is 30.8 Å². The van der Waals surface area contributed by atoms with Crippen LogP contribution in [0.4, 0.5) is 0 Å². The second kappa shape index (κ2) is 7.80. The van der Waals surface area contributed by atoms with Crippen molar-refractivity contribution in [2.75, 3.05) is 39.8 Å². The van der Waals surface area contributed by atoms with E-state index in [2.05, 4.69) is 39.0 Å². The van der Waals surface area contributed by atoms with Gasteiger partial charge in [-0.25, -0.2) is 9.78 Å². The van der Waals surface area contributed by atoms with Crippen LogP contribution in [0.3, 0.4) is 0 Å². The number of aliphatic hydroxyl groups is 1. The second-order valence-electron chi connectivity index (χ2n) is 8.92. The number of aromatic nitrogens is 1.